The maximum absolute atomic E-state index is 11.4. The lowest BCUT2D eigenvalue weighted by molar-refractivity contribution is -0.304. The second-order valence-corrected chi connectivity index (χ2v) is 6.68. The average molecular weight is 397 g/mol. The first-order chi connectivity index (χ1) is 14.6. The van der Waals surface area contributed by atoms with Crippen LogP contribution in [-0.2, 0) is 11.3 Å². The third-order valence-electron chi connectivity index (χ3n) is 4.52. The Kier molecular flexibility index (Phi) is 5.39. The van der Waals surface area contributed by atoms with Gasteiger partial charge in [0.25, 0.3) is 0 Å². The van der Waals surface area contributed by atoms with Gasteiger partial charge in [0.1, 0.15) is 5.52 Å². The van der Waals surface area contributed by atoms with Crippen LogP contribution < -0.4 is 5.11 Å². The van der Waals surface area contributed by atoms with E-state index < -0.39 is 5.97 Å². The summed E-state index contributed by atoms with van der Waals surface area (Å²) in [4.78, 5) is 15.8. The first-order valence-electron chi connectivity index (χ1n) is 9.40. The summed E-state index contributed by atoms with van der Waals surface area (Å²) in [7, 11) is 0. The number of nitriles is 1. The molecular formula is C23H17N4O3-. The number of para-hydroxylation sites is 2. The molecule has 2 heterocycles. The van der Waals surface area contributed by atoms with Crippen molar-refractivity contribution in [2.75, 3.05) is 0 Å². The highest BCUT2D eigenvalue weighted by atomic mass is 16.4. The number of fused-ring (bicyclic) bond motifs is 1. The van der Waals surface area contributed by atoms with Gasteiger partial charge in [-0.05, 0) is 18.2 Å². The summed E-state index contributed by atoms with van der Waals surface area (Å²) >= 11 is 0. The molecular weight excluding hydrogens is 380 g/mol. The predicted molar refractivity (Wildman–Crippen MR) is 109 cm³/mol. The van der Waals surface area contributed by atoms with Gasteiger partial charge in [-0.3, -0.25) is 4.68 Å². The third-order valence-corrected chi connectivity index (χ3v) is 4.52. The second-order valence-electron chi connectivity index (χ2n) is 6.68. The Balaban J connectivity index is 1.83. The molecule has 0 spiro atoms. The summed E-state index contributed by atoms with van der Waals surface area (Å²) in [6, 6.07) is 18.9. The van der Waals surface area contributed by atoms with Gasteiger partial charge in [0.05, 0.1) is 24.7 Å². The number of carbonyl (C=O) groups excluding carboxylic acids is 1. The third kappa shape index (κ3) is 4.13. The number of hydrogen-bond donors (Lipinski definition) is 0. The van der Waals surface area contributed by atoms with Gasteiger partial charge >= 0.3 is 0 Å². The number of aromatic nitrogens is 3. The number of hydrogen-bond acceptors (Lipinski definition) is 6. The molecule has 4 rings (SSSR count). The van der Waals surface area contributed by atoms with E-state index in [9.17, 15) is 9.90 Å². The highest BCUT2D eigenvalue weighted by molar-refractivity contribution is 5.92. The summed E-state index contributed by atoms with van der Waals surface area (Å²) in [6.07, 6.45) is 3.46. The summed E-state index contributed by atoms with van der Waals surface area (Å²) < 4.78 is 7.46. The van der Waals surface area contributed by atoms with Crippen LogP contribution in [-0.4, -0.2) is 20.7 Å². The second kappa shape index (κ2) is 8.45. The van der Waals surface area contributed by atoms with Crippen molar-refractivity contribution in [2.45, 2.75) is 19.4 Å². The molecule has 0 radical (unpaired) electrons. The van der Waals surface area contributed by atoms with Gasteiger partial charge in [0.15, 0.2) is 5.58 Å². The fraction of sp³-hybridized carbons (Fsp3) is 0.130. The average Bonchev–Trinajstić information content (AvgIpc) is 3.36. The van der Waals surface area contributed by atoms with Crippen molar-refractivity contribution in [1.82, 2.24) is 14.8 Å². The number of aliphatic carboxylic acids is 1. The molecule has 0 saturated heterocycles. The van der Waals surface area contributed by atoms with Crippen LogP contribution in [0, 0.1) is 11.3 Å². The fourth-order valence-corrected chi connectivity index (χ4v) is 3.18. The highest BCUT2D eigenvalue weighted by Crippen LogP contribution is 2.29. The summed E-state index contributed by atoms with van der Waals surface area (Å²) in [5.41, 5.74) is 3.86. The lowest BCUT2D eigenvalue weighted by Crippen LogP contribution is -2.22. The number of rotatable bonds is 7. The Morgan fingerprint density at radius 2 is 1.93 bits per heavy atom. The van der Waals surface area contributed by atoms with E-state index in [1.807, 2.05) is 42.5 Å². The van der Waals surface area contributed by atoms with Crippen LogP contribution in [0.5, 0.6) is 0 Å². The molecule has 0 aliphatic rings. The minimum absolute atomic E-state index is 0.226. The smallest absolute Gasteiger partial charge is 0.223 e. The van der Waals surface area contributed by atoms with Crippen LogP contribution in [0.2, 0.25) is 0 Å². The van der Waals surface area contributed by atoms with E-state index in [1.165, 1.54) is 0 Å². The number of carboxylic acids is 1. The monoisotopic (exact) mass is 397 g/mol. The molecule has 7 nitrogen and oxygen atoms in total. The van der Waals surface area contributed by atoms with E-state index in [2.05, 4.69) is 16.2 Å². The first-order valence-corrected chi connectivity index (χ1v) is 9.40. The van der Waals surface area contributed by atoms with Crippen LogP contribution in [0.4, 0.5) is 0 Å². The van der Waals surface area contributed by atoms with Crippen molar-refractivity contribution in [1.29, 1.82) is 5.26 Å². The van der Waals surface area contributed by atoms with Gasteiger partial charge in [0, 0.05) is 35.3 Å². The lowest BCUT2D eigenvalue weighted by Gasteiger charge is -2.05. The zero-order valence-corrected chi connectivity index (χ0v) is 16.0. The summed E-state index contributed by atoms with van der Waals surface area (Å²) in [6.45, 7) is 0.433. The topological polar surface area (TPSA) is 108 Å². The first kappa shape index (κ1) is 19.2. The fourth-order valence-electron chi connectivity index (χ4n) is 3.18. The molecule has 7 heteroatoms. The number of oxazole rings is 1. The molecule has 0 amide bonds. The largest absolute Gasteiger partial charge is 0.550 e. The van der Waals surface area contributed by atoms with Crippen molar-refractivity contribution in [3.63, 3.8) is 0 Å². The Morgan fingerprint density at radius 3 is 2.67 bits per heavy atom. The molecule has 4 aromatic rings. The Bertz CT molecular complexity index is 1230. The number of nitrogens with zero attached hydrogens (tertiary/aromatic N) is 4. The molecule has 0 unspecified atom stereocenters. The van der Waals surface area contributed by atoms with Gasteiger partial charge < -0.3 is 14.3 Å². The number of benzene rings is 2. The van der Waals surface area contributed by atoms with Crippen molar-refractivity contribution >= 4 is 28.7 Å². The standard InChI is InChI=1S/C23H18N4O3/c24-11-6-12-27-15-18(22(26-27)16-7-2-1-3-8-16)13-17(14-21(28)29)23-25-19-9-4-5-10-20(19)30-23/h1-5,7-10,13,15H,6,12,14H2,(H,28,29)/p-1/b17-13+. The number of carbonyl (C=O) groups is 1. The predicted octanol–water partition coefficient (Wildman–Crippen LogP) is 3.29. The van der Waals surface area contributed by atoms with Gasteiger partial charge in [-0.1, -0.05) is 42.5 Å². The zero-order chi connectivity index (χ0) is 20.9. The van der Waals surface area contributed by atoms with Gasteiger partial charge in [0.2, 0.25) is 5.89 Å². The molecule has 0 atom stereocenters. The van der Waals surface area contributed by atoms with E-state index in [0.29, 0.717) is 40.9 Å². The van der Waals surface area contributed by atoms with E-state index in [-0.39, 0.29) is 12.3 Å². The molecule has 2 aromatic heterocycles. The van der Waals surface area contributed by atoms with Crippen LogP contribution in [0.3, 0.4) is 0 Å². The normalized spacial score (nSPS) is 11.5. The quantitative estimate of drug-likeness (QED) is 0.473. The Hall–Kier alpha value is -4.18. The van der Waals surface area contributed by atoms with E-state index in [4.69, 9.17) is 9.68 Å². The lowest BCUT2D eigenvalue weighted by atomic mass is 10.0. The van der Waals surface area contributed by atoms with Crippen LogP contribution in [0.15, 0.2) is 65.2 Å². The minimum atomic E-state index is -1.23. The molecule has 2 aromatic carbocycles. The molecule has 0 fully saturated rings. The van der Waals surface area contributed by atoms with Crippen molar-refractivity contribution < 1.29 is 14.3 Å². The van der Waals surface area contributed by atoms with Crippen LogP contribution in [0.25, 0.3) is 34.0 Å². The van der Waals surface area contributed by atoms with Gasteiger partial charge in [-0.15, -0.1) is 0 Å². The number of carboxylic acid groups (broad SMARTS) is 1. The van der Waals surface area contributed by atoms with Crippen LogP contribution in [0.1, 0.15) is 24.3 Å². The molecule has 0 aliphatic carbocycles. The van der Waals surface area contributed by atoms with Crippen molar-refractivity contribution in [2.24, 2.45) is 0 Å². The Morgan fingerprint density at radius 1 is 1.17 bits per heavy atom. The minimum Gasteiger partial charge on any atom is -0.550 e. The van der Waals surface area contributed by atoms with Gasteiger partial charge in [-0.25, -0.2) is 4.98 Å². The molecule has 0 saturated carbocycles. The van der Waals surface area contributed by atoms with Crippen molar-refractivity contribution in [3.05, 3.63) is 72.2 Å². The molecule has 148 valence electrons. The van der Waals surface area contributed by atoms with Crippen LogP contribution >= 0.6 is 0 Å². The summed E-state index contributed by atoms with van der Waals surface area (Å²) in [5, 5.41) is 24.9. The molecule has 0 bridgehead atoms. The molecule has 30 heavy (non-hydrogen) atoms. The van der Waals surface area contributed by atoms with Crippen molar-refractivity contribution in [3.8, 4) is 17.3 Å². The maximum atomic E-state index is 11.4. The van der Waals surface area contributed by atoms with E-state index in [0.717, 1.165) is 5.56 Å². The van der Waals surface area contributed by atoms with E-state index >= 15 is 0 Å². The Labute approximate surface area is 172 Å². The zero-order valence-electron chi connectivity index (χ0n) is 16.0. The van der Waals surface area contributed by atoms with E-state index in [1.54, 1.807) is 29.1 Å². The molecule has 0 N–H and O–H groups in total. The highest BCUT2D eigenvalue weighted by Gasteiger charge is 2.15. The maximum Gasteiger partial charge on any atom is 0.223 e. The van der Waals surface area contributed by atoms with Gasteiger partial charge in [-0.2, -0.15) is 10.4 Å². The summed E-state index contributed by atoms with van der Waals surface area (Å²) in [5.74, 6) is -1.01. The number of aryl methyl sites for hydroxylation is 1. The molecule has 0 aliphatic heterocycles. The SMILES string of the molecule is N#CCCn1cc(/C=C(\CC(=O)[O-])c2nc3ccccc3o2)c(-c2ccccc2)n1.